The van der Waals surface area contributed by atoms with Crippen molar-refractivity contribution < 1.29 is 28.6 Å². The number of carbonyl (C=O) groups excluding carboxylic acids is 1. The lowest BCUT2D eigenvalue weighted by molar-refractivity contribution is 0.0601. The molecule has 1 aromatic rings. The second kappa shape index (κ2) is 6.17. The second-order valence-corrected chi connectivity index (χ2v) is 5.06. The first kappa shape index (κ1) is 15.4. The first-order chi connectivity index (χ1) is 9.93. The molecule has 2 rings (SSSR count). The van der Waals surface area contributed by atoms with Crippen molar-refractivity contribution in [1.29, 1.82) is 0 Å². The molecule has 0 saturated carbocycles. The van der Waals surface area contributed by atoms with E-state index in [4.69, 9.17) is 10.2 Å². The molecule has 114 valence electrons. The number of aromatic carboxylic acids is 1. The minimum Gasteiger partial charge on any atom is -0.478 e. The molecule has 1 unspecified atom stereocenters. The topological polar surface area (TPSA) is 77.8 Å². The van der Waals surface area contributed by atoms with Crippen molar-refractivity contribution in [2.24, 2.45) is 5.92 Å². The van der Waals surface area contributed by atoms with Crippen LogP contribution in [-0.4, -0.2) is 46.7 Å². The van der Waals surface area contributed by atoms with E-state index in [2.05, 4.69) is 0 Å². The van der Waals surface area contributed by atoms with Crippen LogP contribution in [0.25, 0.3) is 0 Å². The van der Waals surface area contributed by atoms with Crippen molar-refractivity contribution in [2.45, 2.75) is 12.8 Å². The van der Waals surface area contributed by atoms with Crippen molar-refractivity contribution in [3.63, 3.8) is 0 Å². The largest absolute Gasteiger partial charge is 0.478 e. The molecule has 1 aliphatic heterocycles. The monoisotopic (exact) mass is 299 g/mol. The van der Waals surface area contributed by atoms with E-state index in [1.54, 1.807) is 0 Å². The van der Waals surface area contributed by atoms with Crippen molar-refractivity contribution in [1.82, 2.24) is 4.90 Å². The first-order valence-corrected chi connectivity index (χ1v) is 6.56. The average molecular weight is 299 g/mol. The van der Waals surface area contributed by atoms with Gasteiger partial charge in [-0.05, 0) is 30.9 Å². The third-order valence-corrected chi connectivity index (χ3v) is 3.59. The van der Waals surface area contributed by atoms with Gasteiger partial charge in [0.1, 0.15) is 0 Å². The fourth-order valence-electron chi connectivity index (χ4n) is 2.47. The number of carboxylic acids is 1. The fraction of sp³-hybridized carbons (Fsp3) is 0.429. The van der Waals surface area contributed by atoms with Gasteiger partial charge >= 0.3 is 5.97 Å². The molecule has 0 radical (unpaired) electrons. The number of amides is 1. The molecule has 21 heavy (non-hydrogen) atoms. The number of nitrogens with zero attached hydrogens (tertiary/aromatic N) is 1. The average Bonchev–Trinajstić information content (AvgIpc) is 2.48. The Balaban J connectivity index is 2.34. The number of carboxylic acid groups (broad SMARTS) is 1. The van der Waals surface area contributed by atoms with Crippen LogP contribution in [0.1, 0.15) is 33.6 Å². The maximum absolute atomic E-state index is 13.3. The number of rotatable bonds is 3. The zero-order valence-electron chi connectivity index (χ0n) is 11.2. The predicted molar refractivity (Wildman–Crippen MR) is 69.0 cm³/mol. The molecular formula is C14H15F2NO4. The van der Waals surface area contributed by atoms with E-state index in [-0.39, 0.29) is 24.6 Å². The number of aliphatic hydroxyl groups is 1. The van der Waals surface area contributed by atoms with E-state index in [1.807, 2.05) is 0 Å². The van der Waals surface area contributed by atoms with E-state index in [1.165, 1.54) is 4.90 Å². The number of hydrogen-bond donors (Lipinski definition) is 2. The Morgan fingerprint density at radius 1 is 1.24 bits per heavy atom. The van der Waals surface area contributed by atoms with E-state index in [9.17, 15) is 18.4 Å². The van der Waals surface area contributed by atoms with Crippen LogP contribution < -0.4 is 0 Å². The highest BCUT2D eigenvalue weighted by atomic mass is 19.2. The Kier molecular flexibility index (Phi) is 4.52. The smallest absolute Gasteiger partial charge is 0.336 e. The highest BCUT2D eigenvalue weighted by Gasteiger charge is 2.28. The van der Waals surface area contributed by atoms with Gasteiger partial charge in [0.25, 0.3) is 5.91 Å². The third-order valence-electron chi connectivity index (χ3n) is 3.59. The first-order valence-electron chi connectivity index (χ1n) is 6.56. The van der Waals surface area contributed by atoms with Crippen LogP contribution in [0.2, 0.25) is 0 Å². The lowest BCUT2D eigenvalue weighted by atomic mass is 9.97. The Labute approximate surface area is 119 Å². The summed E-state index contributed by atoms with van der Waals surface area (Å²) in [5, 5.41) is 18.2. The Bertz CT molecular complexity index is 576. The molecule has 1 aromatic carbocycles. The molecule has 0 aliphatic carbocycles. The van der Waals surface area contributed by atoms with Crippen molar-refractivity contribution in [2.75, 3.05) is 19.7 Å². The van der Waals surface area contributed by atoms with Crippen molar-refractivity contribution in [3.05, 3.63) is 34.9 Å². The maximum Gasteiger partial charge on any atom is 0.336 e. The number of benzene rings is 1. The highest BCUT2D eigenvalue weighted by molar-refractivity contribution is 6.04. The van der Waals surface area contributed by atoms with Gasteiger partial charge in [-0.3, -0.25) is 4.79 Å². The van der Waals surface area contributed by atoms with Gasteiger partial charge in [-0.2, -0.15) is 0 Å². The summed E-state index contributed by atoms with van der Waals surface area (Å²) in [6.45, 7) is 0.591. The highest BCUT2D eigenvalue weighted by Crippen LogP contribution is 2.21. The summed E-state index contributed by atoms with van der Waals surface area (Å²) in [5.74, 6) is -4.81. The van der Waals surface area contributed by atoms with E-state index >= 15 is 0 Å². The van der Waals surface area contributed by atoms with E-state index in [0.29, 0.717) is 25.1 Å². The SMILES string of the molecule is O=C(O)c1cc(F)c(F)cc1C(=O)N1CCCC(CO)C1. The lowest BCUT2D eigenvalue weighted by Gasteiger charge is -2.32. The molecule has 1 atom stereocenters. The summed E-state index contributed by atoms with van der Waals surface area (Å²) >= 11 is 0. The van der Waals surface area contributed by atoms with E-state index in [0.717, 1.165) is 6.42 Å². The Hall–Kier alpha value is -2.02. The Morgan fingerprint density at radius 3 is 2.43 bits per heavy atom. The van der Waals surface area contributed by atoms with Gasteiger partial charge in [0.15, 0.2) is 11.6 Å². The van der Waals surface area contributed by atoms with Crippen LogP contribution in [0.4, 0.5) is 8.78 Å². The summed E-state index contributed by atoms with van der Waals surface area (Å²) in [4.78, 5) is 24.8. The van der Waals surface area contributed by atoms with Crippen molar-refractivity contribution >= 4 is 11.9 Å². The molecule has 2 N–H and O–H groups in total. The number of likely N-dealkylation sites (tertiary alicyclic amines) is 1. The molecule has 1 saturated heterocycles. The number of aliphatic hydroxyl groups excluding tert-OH is 1. The van der Waals surface area contributed by atoms with Gasteiger partial charge < -0.3 is 15.1 Å². The van der Waals surface area contributed by atoms with Gasteiger partial charge in [0, 0.05) is 19.7 Å². The van der Waals surface area contributed by atoms with Crippen LogP contribution in [-0.2, 0) is 0 Å². The third kappa shape index (κ3) is 3.18. The van der Waals surface area contributed by atoms with Crippen LogP contribution in [0.5, 0.6) is 0 Å². The van der Waals surface area contributed by atoms with Gasteiger partial charge in [0.05, 0.1) is 11.1 Å². The zero-order valence-corrected chi connectivity index (χ0v) is 11.2. The minimum atomic E-state index is -1.49. The van der Waals surface area contributed by atoms with Gasteiger partial charge in [-0.1, -0.05) is 0 Å². The molecule has 0 bridgehead atoms. The van der Waals surface area contributed by atoms with Crippen LogP contribution in [0.3, 0.4) is 0 Å². The summed E-state index contributed by atoms with van der Waals surface area (Å²) in [7, 11) is 0. The molecule has 1 amide bonds. The number of hydrogen-bond acceptors (Lipinski definition) is 3. The molecular weight excluding hydrogens is 284 g/mol. The standard InChI is InChI=1S/C14H15F2NO4/c15-11-4-9(10(14(20)21)5-12(11)16)13(19)17-3-1-2-8(6-17)7-18/h4-5,8,18H,1-3,6-7H2,(H,20,21). The normalized spacial score (nSPS) is 18.6. The van der Waals surface area contributed by atoms with Crippen molar-refractivity contribution in [3.8, 4) is 0 Å². The summed E-state index contributed by atoms with van der Waals surface area (Å²) in [5.41, 5.74) is -0.940. The zero-order chi connectivity index (χ0) is 15.6. The second-order valence-electron chi connectivity index (χ2n) is 5.06. The van der Waals surface area contributed by atoms with E-state index < -0.39 is 29.1 Å². The minimum absolute atomic E-state index is 0.0760. The molecule has 1 heterocycles. The summed E-state index contributed by atoms with van der Waals surface area (Å²) < 4.78 is 26.5. The molecule has 0 spiro atoms. The number of halogens is 2. The van der Waals surface area contributed by atoms with Gasteiger partial charge in [0.2, 0.25) is 0 Å². The van der Waals surface area contributed by atoms with Gasteiger partial charge in [-0.15, -0.1) is 0 Å². The molecule has 7 heteroatoms. The van der Waals surface area contributed by atoms with Crippen LogP contribution in [0.15, 0.2) is 12.1 Å². The lowest BCUT2D eigenvalue weighted by Crippen LogP contribution is -2.41. The molecule has 0 aromatic heterocycles. The predicted octanol–water partition coefficient (Wildman–Crippen LogP) is 1.51. The summed E-state index contributed by atoms with van der Waals surface area (Å²) in [6.07, 6.45) is 1.44. The number of carbonyl (C=O) groups is 2. The Morgan fingerprint density at radius 2 is 1.86 bits per heavy atom. The fourth-order valence-corrected chi connectivity index (χ4v) is 2.47. The summed E-state index contributed by atoms with van der Waals surface area (Å²) in [6, 6.07) is 1.13. The number of piperidine rings is 1. The molecule has 1 fully saturated rings. The van der Waals surface area contributed by atoms with Crippen LogP contribution in [0, 0.1) is 17.6 Å². The quantitative estimate of drug-likeness (QED) is 0.887. The maximum atomic E-state index is 13.3. The molecule has 1 aliphatic rings. The van der Waals surface area contributed by atoms with Crippen LogP contribution >= 0.6 is 0 Å². The van der Waals surface area contributed by atoms with Gasteiger partial charge in [-0.25, -0.2) is 13.6 Å². The molecule has 5 nitrogen and oxygen atoms in total.